The molecule has 3 aromatic carbocycles. The first-order valence-corrected chi connectivity index (χ1v) is 12.9. The second-order valence-electron chi connectivity index (χ2n) is 8.68. The minimum atomic E-state index is -0.622. The Kier molecular flexibility index (Phi) is 9.79. The zero-order valence-corrected chi connectivity index (χ0v) is 21.7. The Balaban J connectivity index is 1.82. The van der Waals surface area contributed by atoms with Gasteiger partial charge in [-0.05, 0) is 42.7 Å². The van der Waals surface area contributed by atoms with Crippen LogP contribution in [0.1, 0.15) is 27.8 Å². The highest BCUT2D eigenvalue weighted by atomic mass is 32.2. The van der Waals surface area contributed by atoms with Crippen molar-refractivity contribution in [1.82, 2.24) is 10.2 Å². The maximum Gasteiger partial charge on any atom is 0.242 e. The molecule has 35 heavy (non-hydrogen) atoms. The minimum absolute atomic E-state index is 0.0632. The van der Waals surface area contributed by atoms with Crippen molar-refractivity contribution in [2.45, 2.75) is 38.6 Å². The van der Waals surface area contributed by atoms with E-state index in [0.29, 0.717) is 18.7 Å². The van der Waals surface area contributed by atoms with Gasteiger partial charge in [0.15, 0.2) is 0 Å². The normalized spacial score (nSPS) is 11.5. The van der Waals surface area contributed by atoms with Crippen molar-refractivity contribution >= 4 is 23.6 Å². The molecule has 6 heteroatoms. The highest BCUT2D eigenvalue weighted by Gasteiger charge is 2.29. The molecule has 0 spiro atoms. The van der Waals surface area contributed by atoms with Crippen LogP contribution >= 0.6 is 11.8 Å². The molecule has 1 N–H and O–H groups in total. The molecule has 184 valence electrons. The molecule has 0 fully saturated rings. The fraction of sp³-hybridized carbons (Fsp3) is 0.310. The van der Waals surface area contributed by atoms with Gasteiger partial charge in [0, 0.05) is 25.8 Å². The summed E-state index contributed by atoms with van der Waals surface area (Å²) < 4.78 is 5.37. The van der Waals surface area contributed by atoms with Gasteiger partial charge in [-0.1, -0.05) is 71.8 Å². The summed E-state index contributed by atoms with van der Waals surface area (Å²) in [7, 11) is 3.23. The van der Waals surface area contributed by atoms with Crippen molar-refractivity contribution in [3.05, 3.63) is 101 Å². The van der Waals surface area contributed by atoms with E-state index in [2.05, 4.69) is 37.4 Å². The number of ether oxygens (including phenoxy) is 1. The fourth-order valence-electron chi connectivity index (χ4n) is 4.18. The van der Waals surface area contributed by atoms with Crippen LogP contribution in [0, 0.1) is 13.8 Å². The Labute approximate surface area is 212 Å². The molecule has 0 heterocycles. The van der Waals surface area contributed by atoms with Crippen molar-refractivity contribution in [2.75, 3.05) is 19.9 Å². The number of likely N-dealkylation sites (N-methyl/N-ethyl adjacent to an activating group) is 1. The number of carbonyl (C=O) groups excluding carboxylic acids is 2. The quantitative estimate of drug-likeness (QED) is 0.414. The molecule has 3 rings (SSSR count). The van der Waals surface area contributed by atoms with Crippen molar-refractivity contribution in [1.29, 1.82) is 0 Å². The summed E-state index contributed by atoms with van der Waals surface area (Å²) in [6, 6.07) is 23.3. The number of nitrogens with one attached hydrogen (secondary N) is 1. The zero-order chi connectivity index (χ0) is 25.2. The van der Waals surface area contributed by atoms with E-state index in [9.17, 15) is 9.59 Å². The van der Waals surface area contributed by atoms with Crippen LogP contribution < -0.4 is 10.1 Å². The van der Waals surface area contributed by atoms with Crippen LogP contribution in [0.3, 0.4) is 0 Å². The van der Waals surface area contributed by atoms with Crippen LogP contribution in [0.25, 0.3) is 0 Å². The summed E-state index contributed by atoms with van der Waals surface area (Å²) in [6.45, 7) is 4.49. The molecule has 5 nitrogen and oxygen atoms in total. The first kappa shape index (κ1) is 26.4. The molecule has 0 aliphatic carbocycles. The van der Waals surface area contributed by atoms with Gasteiger partial charge in [0.25, 0.3) is 0 Å². The minimum Gasteiger partial charge on any atom is -0.497 e. The van der Waals surface area contributed by atoms with E-state index in [1.54, 1.807) is 30.8 Å². The van der Waals surface area contributed by atoms with Crippen molar-refractivity contribution in [2.24, 2.45) is 0 Å². The lowest BCUT2D eigenvalue weighted by Crippen LogP contribution is -2.50. The molecule has 0 unspecified atom stereocenters. The Bertz CT molecular complexity index is 1110. The van der Waals surface area contributed by atoms with Crippen LogP contribution in [0.2, 0.25) is 0 Å². The number of carbonyl (C=O) groups is 2. The van der Waals surface area contributed by atoms with E-state index in [1.165, 1.54) is 16.7 Å². The Morgan fingerprint density at radius 1 is 0.914 bits per heavy atom. The first-order chi connectivity index (χ1) is 16.9. The molecular weight excluding hydrogens is 456 g/mol. The average molecular weight is 491 g/mol. The van der Waals surface area contributed by atoms with Gasteiger partial charge in [0.1, 0.15) is 11.8 Å². The van der Waals surface area contributed by atoms with Gasteiger partial charge in [0.05, 0.1) is 12.9 Å². The third kappa shape index (κ3) is 7.89. The fourth-order valence-corrected chi connectivity index (χ4v) is 5.02. The lowest BCUT2D eigenvalue weighted by molar-refractivity contribution is -0.139. The molecule has 0 bridgehead atoms. The van der Waals surface area contributed by atoms with Crippen molar-refractivity contribution < 1.29 is 14.3 Å². The number of rotatable bonds is 11. The highest BCUT2D eigenvalue weighted by Crippen LogP contribution is 2.21. The Morgan fingerprint density at radius 3 is 2.26 bits per heavy atom. The van der Waals surface area contributed by atoms with Gasteiger partial charge in [0.2, 0.25) is 11.8 Å². The molecule has 0 aliphatic rings. The molecule has 2 amide bonds. The summed E-state index contributed by atoms with van der Waals surface area (Å²) in [5, 5.41) is 2.76. The van der Waals surface area contributed by atoms with Crippen LogP contribution in [-0.2, 0) is 28.3 Å². The number of hydrogen-bond acceptors (Lipinski definition) is 4. The van der Waals surface area contributed by atoms with E-state index >= 15 is 0 Å². The van der Waals surface area contributed by atoms with Crippen LogP contribution in [0.15, 0.2) is 72.8 Å². The monoisotopic (exact) mass is 490 g/mol. The van der Waals surface area contributed by atoms with Crippen molar-refractivity contribution in [3.63, 3.8) is 0 Å². The largest absolute Gasteiger partial charge is 0.497 e. The Morgan fingerprint density at radius 2 is 1.60 bits per heavy atom. The first-order valence-electron chi connectivity index (χ1n) is 11.7. The number of thioether (sulfide) groups is 1. The SMILES string of the molecule is CNC(=O)[C@H](Cc1ccccc1)N(Cc1cccc(OC)c1)C(=O)CSCc1cc(C)cc(C)c1. The van der Waals surface area contributed by atoms with E-state index in [0.717, 1.165) is 22.6 Å². The maximum atomic E-state index is 13.6. The Hall–Kier alpha value is -3.25. The summed E-state index contributed by atoms with van der Waals surface area (Å²) in [5.41, 5.74) is 5.56. The van der Waals surface area contributed by atoms with Crippen molar-refractivity contribution in [3.8, 4) is 5.75 Å². The smallest absolute Gasteiger partial charge is 0.242 e. The second kappa shape index (κ2) is 13.0. The van der Waals surface area contributed by atoms with Crippen LogP contribution in [-0.4, -0.2) is 42.7 Å². The van der Waals surface area contributed by atoms with Gasteiger partial charge in [-0.2, -0.15) is 0 Å². The van der Waals surface area contributed by atoms with Gasteiger partial charge in [-0.15, -0.1) is 11.8 Å². The summed E-state index contributed by atoms with van der Waals surface area (Å²) >= 11 is 1.57. The predicted molar refractivity (Wildman–Crippen MR) is 144 cm³/mol. The third-order valence-electron chi connectivity index (χ3n) is 5.78. The van der Waals surface area contributed by atoms with E-state index in [4.69, 9.17) is 4.74 Å². The molecule has 0 aliphatic heterocycles. The maximum absolute atomic E-state index is 13.6. The number of amides is 2. The molecule has 0 aromatic heterocycles. The second-order valence-corrected chi connectivity index (χ2v) is 9.67. The summed E-state index contributed by atoms with van der Waals surface area (Å²) in [6.07, 6.45) is 0.442. The van der Waals surface area contributed by atoms with Crippen LogP contribution in [0.4, 0.5) is 0 Å². The molecule has 1 atom stereocenters. The molecule has 3 aromatic rings. The third-order valence-corrected chi connectivity index (χ3v) is 6.77. The van der Waals surface area contributed by atoms with E-state index in [1.807, 2.05) is 54.6 Å². The molecule has 0 saturated carbocycles. The number of hydrogen-bond donors (Lipinski definition) is 1. The topological polar surface area (TPSA) is 58.6 Å². The van der Waals surface area contributed by atoms with Gasteiger partial charge >= 0.3 is 0 Å². The highest BCUT2D eigenvalue weighted by molar-refractivity contribution is 7.99. The lowest BCUT2D eigenvalue weighted by atomic mass is 10.0. The standard InChI is InChI=1S/C29H34N2O3S/c1-21-13-22(2)15-25(14-21)19-35-20-28(32)31(18-24-11-8-12-26(16-24)34-4)27(29(33)30-3)17-23-9-6-5-7-10-23/h5-16,27H,17-20H2,1-4H3,(H,30,33)/t27-/m0/s1. The number of nitrogens with zero attached hydrogens (tertiary/aromatic N) is 1. The number of benzene rings is 3. The lowest BCUT2D eigenvalue weighted by Gasteiger charge is -2.31. The van der Waals surface area contributed by atoms with Gasteiger partial charge < -0.3 is 15.0 Å². The predicted octanol–water partition coefficient (Wildman–Crippen LogP) is 4.93. The summed E-state index contributed by atoms with van der Waals surface area (Å²) in [5.74, 6) is 1.51. The average Bonchev–Trinajstić information content (AvgIpc) is 2.85. The molecule has 0 saturated heterocycles. The summed E-state index contributed by atoms with van der Waals surface area (Å²) in [4.78, 5) is 28.3. The van der Waals surface area contributed by atoms with Gasteiger partial charge in [-0.25, -0.2) is 0 Å². The molecular formula is C29H34N2O3S. The molecule has 0 radical (unpaired) electrons. The van der Waals surface area contributed by atoms with E-state index in [-0.39, 0.29) is 11.8 Å². The van der Waals surface area contributed by atoms with Crippen LogP contribution in [0.5, 0.6) is 5.75 Å². The van der Waals surface area contributed by atoms with Gasteiger partial charge in [-0.3, -0.25) is 9.59 Å². The zero-order valence-electron chi connectivity index (χ0n) is 20.9. The van der Waals surface area contributed by atoms with E-state index < -0.39 is 6.04 Å². The number of aryl methyl sites for hydroxylation is 2. The number of methoxy groups -OCH3 is 1.